The van der Waals surface area contributed by atoms with E-state index in [4.69, 9.17) is 5.11 Å². The van der Waals surface area contributed by atoms with E-state index in [-0.39, 0.29) is 11.8 Å². The fourth-order valence-electron chi connectivity index (χ4n) is 2.26. The first-order chi connectivity index (χ1) is 8.33. The Balaban J connectivity index is 2.64. The monoisotopic (exact) mass is 249 g/mol. The quantitative estimate of drug-likeness (QED) is 0.762. The highest BCUT2D eigenvalue weighted by Crippen LogP contribution is 2.26. The number of benzene rings is 1. The second-order valence-corrected chi connectivity index (χ2v) is 5.52. The molecule has 2 N–H and O–H groups in total. The minimum Gasteiger partial charge on any atom is -0.481 e. The summed E-state index contributed by atoms with van der Waals surface area (Å²) < 4.78 is 0. The average Bonchev–Trinajstić information content (AvgIpc) is 2.23. The molecule has 1 rings (SSSR count). The predicted molar refractivity (Wildman–Crippen MR) is 74.1 cm³/mol. The van der Waals surface area contributed by atoms with Crippen molar-refractivity contribution in [2.24, 2.45) is 0 Å². The zero-order valence-corrected chi connectivity index (χ0v) is 11.7. The van der Waals surface area contributed by atoms with Gasteiger partial charge in [-0.1, -0.05) is 37.6 Å². The molecule has 0 aliphatic carbocycles. The fraction of sp³-hybridized carbons (Fsp3) is 0.533. The van der Waals surface area contributed by atoms with E-state index >= 15 is 0 Å². The molecule has 0 unspecified atom stereocenters. The molecule has 0 saturated heterocycles. The molecule has 0 bridgehead atoms. The number of hydrogen-bond donors (Lipinski definition) is 2. The van der Waals surface area contributed by atoms with E-state index in [9.17, 15) is 4.79 Å². The highest BCUT2D eigenvalue weighted by Gasteiger charge is 2.21. The van der Waals surface area contributed by atoms with E-state index in [1.165, 1.54) is 16.7 Å². The number of carboxylic acid groups (broad SMARTS) is 1. The van der Waals surface area contributed by atoms with E-state index in [0.29, 0.717) is 6.54 Å². The van der Waals surface area contributed by atoms with Gasteiger partial charge in [0.1, 0.15) is 0 Å². The maximum Gasteiger partial charge on any atom is 0.304 e. The maximum atomic E-state index is 10.4. The Labute approximate surface area is 109 Å². The summed E-state index contributed by atoms with van der Waals surface area (Å²) in [7, 11) is 0. The lowest BCUT2D eigenvalue weighted by atomic mass is 9.81. The maximum absolute atomic E-state index is 10.4. The van der Waals surface area contributed by atoms with Gasteiger partial charge in [-0.25, -0.2) is 0 Å². The molecule has 100 valence electrons. The number of nitrogens with one attached hydrogen (secondary N) is 1. The van der Waals surface area contributed by atoms with Crippen LogP contribution in [0.25, 0.3) is 0 Å². The van der Waals surface area contributed by atoms with Gasteiger partial charge in [0.05, 0.1) is 6.42 Å². The Hall–Kier alpha value is -1.35. The molecule has 0 fully saturated rings. The molecule has 0 radical (unpaired) electrons. The Morgan fingerprint density at radius 3 is 2.56 bits per heavy atom. The Morgan fingerprint density at radius 1 is 1.33 bits per heavy atom. The fourth-order valence-corrected chi connectivity index (χ4v) is 2.26. The molecule has 0 aliphatic heterocycles. The molecule has 1 aromatic rings. The number of aryl methyl sites for hydroxylation is 2. The van der Waals surface area contributed by atoms with Crippen LogP contribution in [0.3, 0.4) is 0 Å². The summed E-state index contributed by atoms with van der Waals surface area (Å²) in [6.45, 7) is 9.88. The smallest absolute Gasteiger partial charge is 0.304 e. The minimum atomic E-state index is -0.758. The lowest BCUT2D eigenvalue weighted by Gasteiger charge is -2.27. The summed E-state index contributed by atoms with van der Waals surface area (Å²) in [5, 5.41) is 11.8. The van der Waals surface area contributed by atoms with Crippen molar-refractivity contribution in [3.05, 3.63) is 34.9 Å². The molecular formula is C15H23NO2. The third-order valence-electron chi connectivity index (χ3n) is 3.19. The largest absolute Gasteiger partial charge is 0.481 e. The van der Waals surface area contributed by atoms with Crippen LogP contribution in [0, 0.1) is 13.8 Å². The van der Waals surface area contributed by atoms with E-state index < -0.39 is 5.97 Å². The molecule has 0 heterocycles. The summed E-state index contributed by atoms with van der Waals surface area (Å²) in [5.74, 6) is -0.758. The number of aliphatic carboxylic acids is 1. The van der Waals surface area contributed by atoms with Crippen molar-refractivity contribution < 1.29 is 9.90 Å². The van der Waals surface area contributed by atoms with Gasteiger partial charge in [-0.3, -0.25) is 4.79 Å². The lowest BCUT2D eigenvalue weighted by Crippen LogP contribution is -2.34. The molecule has 0 aromatic heterocycles. The van der Waals surface area contributed by atoms with Gasteiger partial charge in [-0.2, -0.15) is 0 Å². The van der Waals surface area contributed by atoms with E-state index in [0.717, 1.165) is 6.54 Å². The van der Waals surface area contributed by atoms with Gasteiger partial charge >= 0.3 is 5.97 Å². The Morgan fingerprint density at radius 2 is 2.00 bits per heavy atom. The van der Waals surface area contributed by atoms with Gasteiger partial charge < -0.3 is 10.4 Å². The van der Waals surface area contributed by atoms with Crippen molar-refractivity contribution in [3.8, 4) is 0 Å². The van der Waals surface area contributed by atoms with Gasteiger partial charge in [0, 0.05) is 18.5 Å². The molecule has 1 aromatic carbocycles. The molecule has 18 heavy (non-hydrogen) atoms. The number of carbonyl (C=O) groups is 1. The van der Waals surface area contributed by atoms with Crippen molar-refractivity contribution >= 4 is 5.97 Å². The zero-order valence-electron chi connectivity index (χ0n) is 11.7. The van der Waals surface area contributed by atoms with Crippen molar-refractivity contribution in [1.29, 1.82) is 0 Å². The summed E-state index contributed by atoms with van der Waals surface area (Å²) in [6.07, 6.45) is 0.170. The van der Waals surface area contributed by atoms with Gasteiger partial charge in [0.25, 0.3) is 0 Å². The first-order valence-electron chi connectivity index (χ1n) is 6.33. The molecule has 0 atom stereocenters. The highest BCUT2D eigenvalue weighted by molar-refractivity contribution is 5.66. The van der Waals surface area contributed by atoms with Crippen LogP contribution in [-0.2, 0) is 10.2 Å². The normalized spacial score (nSPS) is 11.6. The molecule has 3 heteroatoms. The van der Waals surface area contributed by atoms with Crippen molar-refractivity contribution in [2.45, 2.75) is 39.5 Å². The van der Waals surface area contributed by atoms with Crippen LogP contribution in [0.4, 0.5) is 0 Å². The Bertz CT molecular complexity index is 425. The van der Waals surface area contributed by atoms with Gasteiger partial charge in [0.15, 0.2) is 0 Å². The third kappa shape index (κ3) is 4.15. The summed E-state index contributed by atoms with van der Waals surface area (Å²) in [4.78, 5) is 10.4. The van der Waals surface area contributed by atoms with Crippen LogP contribution < -0.4 is 5.32 Å². The summed E-state index contributed by atoms with van der Waals surface area (Å²) >= 11 is 0. The van der Waals surface area contributed by atoms with Crippen LogP contribution in [0.2, 0.25) is 0 Å². The van der Waals surface area contributed by atoms with Crippen LogP contribution >= 0.6 is 0 Å². The van der Waals surface area contributed by atoms with Crippen molar-refractivity contribution in [1.82, 2.24) is 5.32 Å². The van der Waals surface area contributed by atoms with E-state index in [1.807, 2.05) is 0 Å². The molecule has 3 nitrogen and oxygen atoms in total. The molecule has 0 amide bonds. The third-order valence-corrected chi connectivity index (χ3v) is 3.19. The first kappa shape index (κ1) is 14.7. The average molecular weight is 249 g/mol. The number of hydrogen-bond acceptors (Lipinski definition) is 2. The molecule has 0 saturated carbocycles. The van der Waals surface area contributed by atoms with Crippen molar-refractivity contribution in [2.75, 3.05) is 13.1 Å². The SMILES string of the molecule is Cc1ccc(C(C)(C)CNCCC(=O)O)c(C)c1. The summed E-state index contributed by atoms with van der Waals surface area (Å²) in [6, 6.07) is 6.49. The predicted octanol–water partition coefficient (Wildman–Crippen LogP) is 2.65. The second kappa shape index (κ2) is 6.01. The molecule has 0 spiro atoms. The number of rotatable bonds is 6. The highest BCUT2D eigenvalue weighted by atomic mass is 16.4. The zero-order chi connectivity index (χ0) is 13.8. The van der Waals surface area contributed by atoms with Crippen molar-refractivity contribution in [3.63, 3.8) is 0 Å². The van der Waals surface area contributed by atoms with Crippen LogP contribution in [0.15, 0.2) is 18.2 Å². The van der Waals surface area contributed by atoms with Gasteiger partial charge in [-0.15, -0.1) is 0 Å². The van der Waals surface area contributed by atoms with Crippen LogP contribution in [0.5, 0.6) is 0 Å². The van der Waals surface area contributed by atoms with E-state index in [1.54, 1.807) is 0 Å². The van der Waals surface area contributed by atoms with Crippen LogP contribution in [0.1, 0.15) is 37.0 Å². The summed E-state index contributed by atoms with van der Waals surface area (Å²) in [5.41, 5.74) is 3.89. The Kier molecular flexibility index (Phi) is 4.91. The van der Waals surface area contributed by atoms with Gasteiger partial charge in [0.2, 0.25) is 0 Å². The lowest BCUT2D eigenvalue weighted by molar-refractivity contribution is -0.136. The number of carboxylic acids is 1. The molecule has 0 aliphatic rings. The van der Waals surface area contributed by atoms with Gasteiger partial charge in [-0.05, 0) is 25.0 Å². The second-order valence-electron chi connectivity index (χ2n) is 5.52. The van der Waals surface area contributed by atoms with Crippen LogP contribution in [-0.4, -0.2) is 24.2 Å². The minimum absolute atomic E-state index is 0.0102. The topological polar surface area (TPSA) is 49.3 Å². The first-order valence-corrected chi connectivity index (χ1v) is 6.33. The van der Waals surface area contributed by atoms with E-state index in [2.05, 4.69) is 51.2 Å². The molecular weight excluding hydrogens is 226 g/mol. The standard InChI is InChI=1S/C15H23NO2/c1-11-5-6-13(12(2)9-11)15(3,4)10-16-8-7-14(17)18/h5-6,9,16H,7-8,10H2,1-4H3,(H,17,18).